The lowest BCUT2D eigenvalue weighted by Crippen LogP contribution is -2.15. The number of rotatable bonds is 2. The molecule has 1 aromatic heterocycles. The number of anilines is 1. The minimum absolute atomic E-state index is 0.00268. The molecule has 0 fully saturated rings. The lowest BCUT2D eigenvalue weighted by atomic mass is 10.2. The van der Waals surface area contributed by atoms with Gasteiger partial charge < -0.3 is 5.73 Å². The van der Waals surface area contributed by atoms with Gasteiger partial charge in [0.05, 0.1) is 6.54 Å². The summed E-state index contributed by atoms with van der Waals surface area (Å²) >= 11 is 0. The quantitative estimate of drug-likeness (QED) is 0.643. The predicted octanol–water partition coefficient (Wildman–Crippen LogP) is 4.58. The summed E-state index contributed by atoms with van der Waals surface area (Å²) in [4.78, 5) is 0. The monoisotopic (exact) mass is 339 g/mol. The van der Waals surface area contributed by atoms with Gasteiger partial charge in [-0.15, -0.1) is 0 Å². The second-order valence-electron chi connectivity index (χ2n) is 4.31. The van der Waals surface area contributed by atoms with Gasteiger partial charge in [-0.1, -0.05) is 26.0 Å². The SMILES string of the molecule is CC.Nc1ccc(Cn2nc(C(F)(F)F)cc2C(F)(F)F)cc1. The number of halogens is 6. The van der Waals surface area contributed by atoms with Crippen molar-refractivity contribution in [3.8, 4) is 0 Å². The molecular formula is C14H15F6N3. The molecular weight excluding hydrogens is 324 g/mol. The average molecular weight is 339 g/mol. The molecule has 128 valence electrons. The molecule has 3 nitrogen and oxygen atoms in total. The number of nitrogens with zero attached hydrogens (tertiary/aromatic N) is 2. The summed E-state index contributed by atoms with van der Waals surface area (Å²) in [7, 11) is 0. The largest absolute Gasteiger partial charge is 0.435 e. The first-order valence-electron chi connectivity index (χ1n) is 6.64. The zero-order valence-electron chi connectivity index (χ0n) is 12.3. The predicted molar refractivity (Wildman–Crippen MR) is 73.5 cm³/mol. The van der Waals surface area contributed by atoms with Crippen LogP contribution in [0.15, 0.2) is 30.3 Å². The van der Waals surface area contributed by atoms with Crippen molar-refractivity contribution in [2.45, 2.75) is 32.7 Å². The van der Waals surface area contributed by atoms with Crippen LogP contribution in [0.5, 0.6) is 0 Å². The van der Waals surface area contributed by atoms with Crippen LogP contribution >= 0.6 is 0 Å². The van der Waals surface area contributed by atoms with Gasteiger partial charge in [0.2, 0.25) is 0 Å². The molecule has 0 atom stereocenters. The minimum Gasteiger partial charge on any atom is -0.399 e. The first-order chi connectivity index (χ1) is 10.6. The van der Waals surface area contributed by atoms with Gasteiger partial charge in [-0.2, -0.15) is 31.4 Å². The molecule has 2 N–H and O–H groups in total. The number of alkyl halides is 6. The van der Waals surface area contributed by atoms with E-state index in [0.29, 0.717) is 11.3 Å². The second-order valence-corrected chi connectivity index (χ2v) is 4.31. The Morgan fingerprint density at radius 1 is 0.957 bits per heavy atom. The lowest BCUT2D eigenvalue weighted by Gasteiger charge is -2.10. The van der Waals surface area contributed by atoms with Gasteiger partial charge in [0.15, 0.2) is 5.69 Å². The van der Waals surface area contributed by atoms with Gasteiger partial charge in [0, 0.05) is 11.8 Å². The summed E-state index contributed by atoms with van der Waals surface area (Å²) in [5, 5.41) is 3.01. The van der Waals surface area contributed by atoms with Gasteiger partial charge in [0.25, 0.3) is 0 Å². The molecule has 23 heavy (non-hydrogen) atoms. The Bertz CT molecular complexity index is 625. The Kier molecular flexibility index (Phi) is 5.68. The van der Waals surface area contributed by atoms with Crippen molar-refractivity contribution in [1.29, 1.82) is 0 Å². The third kappa shape index (κ3) is 4.90. The minimum atomic E-state index is -4.94. The van der Waals surface area contributed by atoms with Crippen molar-refractivity contribution in [2.24, 2.45) is 0 Å². The fourth-order valence-electron chi connectivity index (χ4n) is 1.70. The van der Waals surface area contributed by atoms with Gasteiger partial charge in [0.1, 0.15) is 5.69 Å². The van der Waals surface area contributed by atoms with Crippen LogP contribution in [0, 0.1) is 0 Å². The fourth-order valence-corrected chi connectivity index (χ4v) is 1.70. The van der Waals surface area contributed by atoms with Gasteiger partial charge in [-0.25, -0.2) is 0 Å². The molecule has 0 spiro atoms. The lowest BCUT2D eigenvalue weighted by molar-refractivity contribution is -0.144. The van der Waals surface area contributed by atoms with E-state index in [1.807, 2.05) is 13.8 Å². The highest BCUT2D eigenvalue weighted by molar-refractivity contribution is 5.39. The van der Waals surface area contributed by atoms with E-state index in [1.54, 1.807) is 0 Å². The van der Waals surface area contributed by atoms with Crippen molar-refractivity contribution in [2.75, 3.05) is 5.73 Å². The molecule has 0 unspecified atom stereocenters. The fraction of sp³-hybridized carbons (Fsp3) is 0.357. The normalized spacial score (nSPS) is 11.8. The number of benzene rings is 1. The van der Waals surface area contributed by atoms with E-state index in [-0.39, 0.29) is 10.7 Å². The third-order valence-electron chi connectivity index (χ3n) is 2.67. The molecule has 0 aliphatic rings. The number of nitrogens with two attached hydrogens (primary N) is 1. The summed E-state index contributed by atoms with van der Waals surface area (Å²) < 4.78 is 76.1. The van der Waals surface area contributed by atoms with E-state index < -0.39 is 30.3 Å². The van der Waals surface area contributed by atoms with E-state index in [2.05, 4.69) is 5.10 Å². The maximum Gasteiger partial charge on any atom is 0.435 e. The molecule has 1 heterocycles. The van der Waals surface area contributed by atoms with E-state index in [4.69, 9.17) is 5.73 Å². The smallest absolute Gasteiger partial charge is 0.399 e. The van der Waals surface area contributed by atoms with Crippen molar-refractivity contribution >= 4 is 5.69 Å². The van der Waals surface area contributed by atoms with Gasteiger partial charge >= 0.3 is 12.4 Å². The summed E-state index contributed by atoms with van der Waals surface area (Å²) in [5.41, 5.74) is 3.15. The highest BCUT2D eigenvalue weighted by Gasteiger charge is 2.41. The van der Waals surface area contributed by atoms with Gasteiger partial charge in [-0.05, 0) is 17.7 Å². The summed E-state index contributed by atoms with van der Waals surface area (Å²) in [6.45, 7) is 3.56. The van der Waals surface area contributed by atoms with Crippen LogP contribution in [0.25, 0.3) is 0 Å². The number of hydrogen-bond donors (Lipinski definition) is 1. The molecule has 1 aromatic carbocycles. The topological polar surface area (TPSA) is 43.8 Å². The molecule has 0 bridgehead atoms. The van der Waals surface area contributed by atoms with Crippen LogP contribution in [0.3, 0.4) is 0 Å². The summed E-state index contributed by atoms with van der Waals surface area (Å²) in [6.07, 6.45) is -9.86. The third-order valence-corrected chi connectivity index (χ3v) is 2.67. The molecule has 0 amide bonds. The Balaban J connectivity index is 0.00000127. The van der Waals surface area contributed by atoms with E-state index in [1.165, 1.54) is 24.3 Å². The molecule has 9 heteroatoms. The van der Waals surface area contributed by atoms with Crippen LogP contribution in [0.1, 0.15) is 30.8 Å². The summed E-state index contributed by atoms with van der Waals surface area (Å²) in [5.74, 6) is 0. The second kappa shape index (κ2) is 6.93. The Hall–Kier alpha value is -2.19. The first-order valence-corrected chi connectivity index (χ1v) is 6.64. The Morgan fingerprint density at radius 2 is 1.48 bits per heavy atom. The standard InChI is InChI=1S/C12H9F6N3.C2H6/c13-11(14,15)9-5-10(12(16,17)18)21(20-9)6-7-1-3-8(19)4-2-7;1-2/h1-5H,6,19H2;1-2H3. The molecule has 0 saturated heterocycles. The number of aromatic nitrogens is 2. The van der Waals surface area contributed by atoms with Crippen molar-refractivity contribution in [3.05, 3.63) is 47.3 Å². The van der Waals surface area contributed by atoms with Crippen molar-refractivity contribution < 1.29 is 26.3 Å². The highest BCUT2D eigenvalue weighted by atomic mass is 19.4. The van der Waals surface area contributed by atoms with Crippen LogP contribution in [0.4, 0.5) is 32.0 Å². The molecule has 2 rings (SSSR count). The molecule has 0 aliphatic carbocycles. The molecule has 0 aliphatic heterocycles. The number of nitrogen functional groups attached to an aromatic ring is 1. The highest BCUT2D eigenvalue weighted by Crippen LogP contribution is 2.35. The maximum absolute atomic E-state index is 12.8. The van der Waals surface area contributed by atoms with E-state index in [0.717, 1.165) is 0 Å². The van der Waals surface area contributed by atoms with Crippen LogP contribution in [-0.2, 0) is 18.9 Å². The maximum atomic E-state index is 12.8. The Morgan fingerprint density at radius 3 is 1.91 bits per heavy atom. The molecule has 0 radical (unpaired) electrons. The number of hydrogen-bond acceptors (Lipinski definition) is 2. The first kappa shape index (κ1) is 18.9. The van der Waals surface area contributed by atoms with E-state index in [9.17, 15) is 26.3 Å². The molecule has 0 saturated carbocycles. The Labute approximate surface area is 128 Å². The zero-order chi connectivity index (χ0) is 17.8. The van der Waals surface area contributed by atoms with Gasteiger partial charge in [-0.3, -0.25) is 4.68 Å². The average Bonchev–Trinajstić information content (AvgIpc) is 2.88. The van der Waals surface area contributed by atoms with Crippen LogP contribution in [-0.4, -0.2) is 9.78 Å². The van der Waals surface area contributed by atoms with Crippen LogP contribution in [0.2, 0.25) is 0 Å². The zero-order valence-corrected chi connectivity index (χ0v) is 12.3. The van der Waals surface area contributed by atoms with Crippen molar-refractivity contribution in [1.82, 2.24) is 9.78 Å². The van der Waals surface area contributed by atoms with E-state index >= 15 is 0 Å². The van der Waals surface area contributed by atoms with Crippen molar-refractivity contribution in [3.63, 3.8) is 0 Å². The summed E-state index contributed by atoms with van der Waals surface area (Å²) in [6, 6.07) is 5.72. The molecule has 2 aromatic rings. The van der Waals surface area contributed by atoms with Crippen LogP contribution < -0.4 is 5.73 Å².